The third kappa shape index (κ3) is 2.01. The summed E-state index contributed by atoms with van der Waals surface area (Å²) in [6.07, 6.45) is 1.56. The minimum Gasteiger partial charge on any atom is -0.391 e. The number of aliphatic hydroxyl groups is 1. The Morgan fingerprint density at radius 1 is 1.43 bits per heavy atom. The zero-order valence-electron chi connectivity index (χ0n) is 8.63. The quantitative estimate of drug-likeness (QED) is 0.591. The summed E-state index contributed by atoms with van der Waals surface area (Å²) in [5.74, 6) is -1.14. The topological polar surface area (TPSA) is 66.4 Å². The molecular formula is C10H15NO3. The highest BCUT2D eigenvalue weighted by atomic mass is 16.3. The highest BCUT2D eigenvalue weighted by Crippen LogP contribution is 2.29. The molecule has 0 aliphatic carbocycles. The van der Waals surface area contributed by atoms with E-state index in [-0.39, 0.29) is 29.4 Å². The second-order valence-corrected chi connectivity index (χ2v) is 4.51. The van der Waals surface area contributed by atoms with Gasteiger partial charge in [0.1, 0.15) is 0 Å². The fourth-order valence-electron chi connectivity index (χ4n) is 1.39. The van der Waals surface area contributed by atoms with Crippen LogP contribution in [0.15, 0.2) is 11.6 Å². The second kappa shape index (κ2) is 3.53. The molecule has 14 heavy (non-hydrogen) atoms. The Labute approximate surface area is 83.0 Å². The smallest absolute Gasteiger partial charge is 0.255 e. The normalized spacial score (nSPS) is 23.1. The van der Waals surface area contributed by atoms with Crippen molar-refractivity contribution in [3.8, 4) is 0 Å². The zero-order chi connectivity index (χ0) is 10.9. The van der Waals surface area contributed by atoms with Gasteiger partial charge in [0.05, 0.1) is 12.5 Å². The summed E-state index contributed by atoms with van der Waals surface area (Å²) in [5, 5.41) is 11.1. The van der Waals surface area contributed by atoms with Gasteiger partial charge in [0, 0.05) is 5.57 Å². The molecule has 1 rings (SSSR count). The summed E-state index contributed by atoms with van der Waals surface area (Å²) < 4.78 is 0. The zero-order valence-corrected chi connectivity index (χ0v) is 8.63. The van der Waals surface area contributed by atoms with E-state index in [4.69, 9.17) is 5.11 Å². The van der Waals surface area contributed by atoms with Gasteiger partial charge in [0.15, 0.2) is 0 Å². The molecule has 0 aromatic rings. The van der Waals surface area contributed by atoms with E-state index in [1.54, 1.807) is 6.08 Å². The first kappa shape index (κ1) is 10.9. The van der Waals surface area contributed by atoms with Crippen LogP contribution in [-0.4, -0.2) is 23.5 Å². The van der Waals surface area contributed by atoms with E-state index < -0.39 is 5.91 Å². The summed E-state index contributed by atoms with van der Waals surface area (Å²) in [7, 11) is 0. The molecule has 0 aromatic heterocycles. The molecule has 0 spiro atoms. The third-order valence-corrected chi connectivity index (χ3v) is 2.28. The minimum absolute atomic E-state index is 0.245. The van der Waals surface area contributed by atoms with Crippen molar-refractivity contribution in [3.63, 3.8) is 0 Å². The van der Waals surface area contributed by atoms with Crippen molar-refractivity contribution in [2.24, 2.45) is 11.3 Å². The van der Waals surface area contributed by atoms with Crippen molar-refractivity contribution in [2.45, 2.75) is 20.8 Å². The molecule has 1 atom stereocenters. The molecule has 78 valence electrons. The highest BCUT2D eigenvalue weighted by Gasteiger charge is 2.34. The lowest BCUT2D eigenvalue weighted by atomic mass is 9.78. The fraction of sp³-hybridized carbons (Fsp3) is 0.600. The maximum Gasteiger partial charge on any atom is 0.255 e. The van der Waals surface area contributed by atoms with E-state index in [1.165, 1.54) is 0 Å². The molecule has 1 aliphatic rings. The SMILES string of the molecule is CC(C)(C)C1C=C(CO)C(=O)NC1=O. The number of rotatable bonds is 1. The van der Waals surface area contributed by atoms with Gasteiger partial charge in [-0.25, -0.2) is 0 Å². The largest absolute Gasteiger partial charge is 0.391 e. The van der Waals surface area contributed by atoms with Gasteiger partial charge in [-0.05, 0) is 5.41 Å². The van der Waals surface area contributed by atoms with E-state index in [0.717, 1.165) is 0 Å². The monoisotopic (exact) mass is 197 g/mol. The van der Waals surface area contributed by atoms with Gasteiger partial charge >= 0.3 is 0 Å². The number of imide groups is 1. The fourth-order valence-corrected chi connectivity index (χ4v) is 1.39. The Balaban J connectivity index is 3.03. The predicted molar refractivity (Wildman–Crippen MR) is 51.3 cm³/mol. The molecule has 0 aromatic carbocycles. The summed E-state index contributed by atoms with van der Waals surface area (Å²) in [4.78, 5) is 22.6. The van der Waals surface area contributed by atoms with E-state index in [0.29, 0.717) is 0 Å². The van der Waals surface area contributed by atoms with E-state index in [9.17, 15) is 9.59 Å². The molecule has 4 nitrogen and oxygen atoms in total. The molecular weight excluding hydrogens is 182 g/mol. The third-order valence-electron chi connectivity index (χ3n) is 2.28. The van der Waals surface area contributed by atoms with Crippen LogP contribution in [0.4, 0.5) is 0 Å². The van der Waals surface area contributed by atoms with Gasteiger partial charge in [-0.15, -0.1) is 0 Å². The van der Waals surface area contributed by atoms with Crippen LogP contribution < -0.4 is 5.32 Å². The average molecular weight is 197 g/mol. The number of amides is 2. The molecule has 1 unspecified atom stereocenters. The van der Waals surface area contributed by atoms with Crippen molar-refractivity contribution in [1.29, 1.82) is 0 Å². The van der Waals surface area contributed by atoms with Crippen LogP contribution in [-0.2, 0) is 9.59 Å². The Hall–Kier alpha value is -1.16. The van der Waals surface area contributed by atoms with Crippen LogP contribution in [0.2, 0.25) is 0 Å². The number of carbonyl (C=O) groups excluding carboxylic acids is 2. The highest BCUT2D eigenvalue weighted by molar-refractivity contribution is 6.08. The lowest BCUT2D eigenvalue weighted by molar-refractivity contribution is -0.133. The van der Waals surface area contributed by atoms with E-state index >= 15 is 0 Å². The first-order chi connectivity index (χ1) is 6.36. The van der Waals surface area contributed by atoms with Crippen LogP contribution in [0, 0.1) is 11.3 Å². The maximum absolute atomic E-state index is 11.5. The summed E-state index contributed by atoms with van der Waals surface area (Å²) in [6.45, 7) is 5.42. The standard InChI is InChI=1S/C10H15NO3/c1-10(2,3)7-4-6(5-12)8(13)11-9(7)14/h4,7,12H,5H2,1-3H3,(H,11,13,14). The van der Waals surface area contributed by atoms with Crippen LogP contribution in [0.1, 0.15) is 20.8 Å². The van der Waals surface area contributed by atoms with Crippen molar-refractivity contribution >= 4 is 11.8 Å². The van der Waals surface area contributed by atoms with Crippen LogP contribution in [0.25, 0.3) is 0 Å². The average Bonchev–Trinajstić information content (AvgIpc) is 2.02. The molecule has 4 heteroatoms. The van der Waals surface area contributed by atoms with E-state index in [2.05, 4.69) is 5.32 Å². The van der Waals surface area contributed by atoms with E-state index in [1.807, 2.05) is 20.8 Å². The van der Waals surface area contributed by atoms with Crippen molar-refractivity contribution in [1.82, 2.24) is 5.32 Å². The van der Waals surface area contributed by atoms with Gasteiger partial charge < -0.3 is 5.11 Å². The molecule has 1 heterocycles. The first-order valence-electron chi connectivity index (χ1n) is 4.53. The summed E-state index contributed by atoms with van der Waals surface area (Å²) in [6, 6.07) is 0. The molecule has 2 amide bonds. The van der Waals surface area contributed by atoms with Crippen LogP contribution in [0.5, 0.6) is 0 Å². The number of carbonyl (C=O) groups is 2. The maximum atomic E-state index is 11.5. The van der Waals surface area contributed by atoms with Crippen LogP contribution >= 0.6 is 0 Å². The summed E-state index contributed by atoms with van der Waals surface area (Å²) >= 11 is 0. The molecule has 0 saturated heterocycles. The van der Waals surface area contributed by atoms with Gasteiger partial charge in [0.2, 0.25) is 5.91 Å². The molecule has 0 bridgehead atoms. The Morgan fingerprint density at radius 2 is 2.00 bits per heavy atom. The number of hydrogen-bond donors (Lipinski definition) is 2. The molecule has 0 radical (unpaired) electrons. The minimum atomic E-state index is -0.488. The molecule has 0 fully saturated rings. The predicted octanol–water partition coefficient (Wildman–Crippen LogP) is 0.224. The lowest BCUT2D eigenvalue weighted by Gasteiger charge is -2.30. The Morgan fingerprint density at radius 3 is 2.43 bits per heavy atom. The molecule has 0 saturated carbocycles. The molecule has 2 N–H and O–H groups in total. The lowest BCUT2D eigenvalue weighted by Crippen LogP contribution is -2.45. The first-order valence-corrected chi connectivity index (χ1v) is 4.53. The van der Waals surface area contributed by atoms with Gasteiger partial charge in [-0.3, -0.25) is 14.9 Å². The second-order valence-electron chi connectivity index (χ2n) is 4.51. The van der Waals surface area contributed by atoms with Gasteiger partial charge in [-0.1, -0.05) is 26.8 Å². The van der Waals surface area contributed by atoms with Gasteiger partial charge in [-0.2, -0.15) is 0 Å². The Bertz CT molecular complexity index is 299. The Kier molecular flexibility index (Phi) is 2.76. The van der Waals surface area contributed by atoms with Gasteiger partial charge in [0.25, 0.3) is 5.91 Å². The van der Waals surface area contributed by atoms with Crippen molar-refractivity contribution in [2.75, 3.05) is 6.61 Å². The van der Waals surface area contributed by atoms with Crippen LogP contribution in [0.3, 0.4) is 0 Å². The number of aliphatic hydroxyl groups excluding tert-OH is 1. The van der Waals surface area contributed by atoms with Crippen molar-refractivity contribution in [3.05, 3.63) is 11.6 Å². The number of nitrogens with one attached hydrogen (secondary N) is 1. The van der Waals surface area contributed by atoms with Crippen molar-refractivity contribution < 1.29 is 14.7 Å². The number of hydrogen-bond acceptors (Lipinski definition) is 3. The molecule has 1 aliphatic heterocycles. The summed E-state index contributed by atoms with van der Waals surface area (Å²) in [5.41, 5.74) is 0.0232.